The quantitative estimate of drug-likeness (QED) is 0.457. The van der Waals surface area contributed by atoms with E-state index in [1.807, 2.05) is 20.8 Å². The van der Waals surface area contributed by atoms with Crippen LogP contribution in [0.2, 0.25) is 0 Å². The highest BCUT2D eigenvalue weighted by atomic mass is 32.2. The van der Waals surface area contributed by atoms with Gasteiger partial charge in [0.25, 0.3) is 0 Å². The molecular formula is C22H31N3O6S2. The smallest absolute Gasteiger partial charge is 0.303 e. The first-order valence-corrected chi connectivity index (χ1v) is 12.0. The summed E-state index contributed by atoms with van der Waals surface area (Å²) in [6.45, 7) is 11.3. The molecule has 33 heavy (non-hydrogen) atoms. The summed E-state index contributed by atoms with van der Waals surface area (Å²) in [5, 5.41) is 21.5. The molecule has 0 spiro atoms. The largest absolute Gasteiger partial charge is 0.505 e. The third kappa shape index (κ3) is 10.4. The minimum Gasteiger partial charge on any atom is -0.505 e. The number of hydrogen-bond donors (Lipinski definition) is 3. The number of ketones is 1. The number of carbonyl (C=O) groups excluding carboxylic acids is 2. The number of amides is 1. The lowest BCUT2D eigenvalue weighted by Crippen LogP contribution is -2.27. The standard InChI is InChI=1S/C15H19NO5S.C5H6N2OS.C2H6/c1-10-13(22(21)16(3)11(2)15(10)20)7-5-4-6-12(17)8-9-14(18)19;1-4-2-6-5(9-4)7-3-8;1-2/h4-5,7,20H,1,6,8-9H2,2-3H3,(H,18,19);2-3H,1H3,(H,6,7,8);1-2H3/b5-4-,13-7+;;. The Morgan fingerprint density at radius 3 is 2.45 bits per heavy atom. The van der Waals surface area contributed by atoms with E-state index in [0.29, 0.717) is 22.1 Å². The number of aliphatic carboxylic acids is 1. The van der Waals surface area contributed by atoms with Gasteiger partial charge in [0.15, 0.2) is 16.1 Å². The highest BCUT2D eigenvalue weighted by Gasteiger charge is 2.27. The van der Waals surface area contributed by atoms with Gasteiger partial charge in [0.2, 0.25) is 6.41 Å². The van der Waals surface area contributed by atoms with Crippen molar-refractivity contribution in [3.8, 4) is 0 Å². The van der Waals surface area contributed by atoms with Crippen molar-refractivity contribution in [2.45, 2.75) is 47.0 Å². The summed E-state index contributed by atoms with van der Waals surface area (Å²) >= 11 is 1.46. The maximum absolute atomic E-state index is 12.2. The minimum atomic E-state index is -1.46. The van der Waals surface area contributed by atoms with Gasteiger partial charge in [-0.15, -0.1) is 11.3 Å². The van der Waals surface area contributed by atoms with E-state index in [1.165, 1.54) is 21.7 Å². The van der Waals surface area contributed by atoms with Gasteiger partial charge >= 0.3 is 5.97 Å². The lowest BCUT2D eigenvalue weighted by molar-refractivity contribution is -0.138. The molecule has 1 aromatic rings. The zero-order valence-electron chi connectivity index (χ0n) is 19.5. The van der Waals surface area contributed by atoms with Gasteiger partial charge in [-0.05, 0) is 19.9 Å². The van der Waals surface area contributed by atoms with Gasteiger partial charge < -0.3 is 15.5 Å². The van der Waals surface area contributed by atoms with Crippen LogP contribution in [0.4, 0.5) is 5.13 Å². The topological polar surface area (TPSA) is 137 Å². The second-order valence-electron chi connectivity index (χ2n) is 6.29. The molecule has 1 unspecified atom stereocenters. The van der Waals surface area contributed by atoms with Crippen LogP contribution >= 0.6 is 11.3 Å². The molecule has 0 saturated heterocycles. The average molecular weight is 498 g/mol. The first-order chi connectivity index (χ1) is 15.6. The Hall–Kier alpha value is -3.05. The Balaban J connectivity index is 0.000000770. The number of hydrogen-bond acceptors (Lipinski definition) is 7. The molecule has 0 aliphatic carbocycles. The molecule has 9 nitrogen and oxygen atoms in total. The van der Waals surface area contributed by atoms with Crippen molar-refractivity contribution in [2.75, 3.05) is 12.4 Å². The molecular weight excluding hydrogens is 466 g/mol. The molecule has 2 rings (SSSR count). The number of carboxylic acids is 1. The van der Waals surface area contributed by atoms with Crippen LogP contribution in [0.15, 0.2) is 52.9 Å². The van der Waals surface area contributed by atoms with Crippen LogP contribution in [-0.2, 0) is 25.4 Å². The Morgan fingerprint density at radius 2 is 1.94 bits per heavy atom. The highest BCUT2D eigenvalue weighted by molar-refractivity contribution is 7.87. The van der Waals surface area contributed by atoms with Crippen LogP contribution in [0.5, 0.6) is 0 Å². The van der Waals surface area contributed by atoms with Crippen LogP contribution in [0.25, 0.3) is 0 Å². The lowest BCUT2D eigenvalue weighted by atomic mass is 10.1. The van der Waals surface area contributed by atoms with Crippen molar-refractivity contribution in [3.05, 3.63) is 57.8 Å². The van der Waals surface area contributed by atoms with E-state index >= 15 is 0 Å². The van der Waals surface area contributed by atoms with Crippen LogP contribution in [-0.4, -0.2) is 48.9 Å². The van der Waals surface area contributed by atoms with Gasteiger partial charge in [-0.2, -0.15) is 0 Å². The van der Waals surface area contributed by atoms with Crippen molar-refractivity contribution in [1.82, 2.24) is 9.29 Å². The number of aliphatic hydroxyl groups excluding tert-OH is 1. The highest BCUT2D eigenvalue weighted by Crippen LogP contribution is 2.30. The van der Waals surface area contributed by atoms with E-state index in [4.69, 9.17) is 5.11 Å². The zero-order valence-corrected chi connectivity index (χ0v) is 21.1. The second-order valence-corrected chi connectivity index (χ2v) is 9.01. The molecule has 1 aliphatic rings. The van der Waals surface area contributed by atoms with Crippen LogP contribution in [0.3, 0.4) is 0 Å². The number of thiazole rings is 1. The number of nitrogens with one attached hydrogen (secondary N) is 1. The SMILES string of the molecule is C=C1C(O)=C(C)N(C)S(=O)/C1=C/C=C\CC(=O)CCC(=O)O.CC.Cc1cnc(NC=O)s1. The summed E-state index contributed by atoms with van der Waals surface area (Å²) in [5.74, 6) is -1.20. The summed E-state index contributed by atoms with van der Waals surface area (Å²) in [5.41, 5.74) is 0.768. The summed E-state index contributed by atoms with van der Waals surface area (Å²) in [6, 6.07) is 0. The van der Waals surface area contributed by atoms with Gasteiger partial charge in [0, 0.05) is 36.5 Å². The van der Waals surface area contributed by atoms with E-state index in [2.05, 4.69) is 16.9 Å². The van der Waals surface area contributed by atoms with Crippen molar-refractivity contribution >= 4 is 45.6 Å². The van der Waals surface area contributed by atoms with E-state index in [-0.39, 0.29) is 36.4 Å². The van der Waals surface area contributed by atoms with Gasteiger partial charge in [0.05, 0.1) is 17.0 Å². The molecule has 0 fully saturated rings. The summed E-state index contributed by atoms with van der Waals surface area (Å²) in [4.78, 5) is 36.9. The lowest BCUT2D eigenvalue weighted by Gasteiger charge is -2.27. The van der Waals surface area contributed by atoms with Crippen LogP contribution < -0.4 is 5.32 Å². The zero-order chi connectivity index (χ0) is 25.6. The molecule has 0 aromatic carbocycles. The predicted molar refractivity (Wildman–Crippen MR) is 132 cm³/mol. The molecule has 0 saturated carbocycles. The normalized spacial score (nSPS) is 16.6. The van der Waals surface area contributed by atoms with E-state index in [0.717, 1.165) is 4.88 Å². The van der Waals surface area contributed by atoms with Gasteiger partial charge in [-0.3, -0.25) is 18.7 Å². The first kappa shape index (κ1) is 29.9. The second kappa shape index (κ2) is 15.7. The number of aliphatic hydroxyl groups is 1. The van der Waals surface area contributed by atoms with Crippen molar-refractivity contribution in [2.24, 2.45) is 0 Å². The third-order valence-corrected chi connectivity index (χ3v) is 6.36. The molecule has 0 radical (unpaired) electrons. The number of carbonyl (C=O) groups is 3. The Morgan fingerprint density at radius 1 is 1.30 bits per heavy atom. The number of allylic oxidation sites excluding steroid dienone is 5. The van der Waals surface area contributed by atoms with E-state index in [9.17, 15) is 23.7 Å². The summed E-state index contributed by atoms with van der Waals surface area (Å²) in [7, 11) is 0.134. The molecule has 3 N–H and O–H groups in total. The maximum Gasteiger partial charge on any atom is 0.303 e. The van der Waals surface area contributed by atoms with Crippen molar-refractivity contribution in [3.63, 3.8) is 0 Å². The number of aromatic nitrogens is 1. The molecule has 0 bridgehead atoms. The number of rotatable bonds is 8. The Kier molecular flexibility index (Phi) is 14.3. The molecule has 182 valence electrons. The minimum absolute atomic E-state index is 0.0135. The Bertz CT molecular complexity index is 963. The molecule has 2 heterocycles. The molecule has 1 aliphatic heterocycles. The van der Waals surface area contributed by atoms with Crippen molar-refractivity contribution < 1.29 is 28.8 Å². The van der Waals surface area contributed by atoms with Crippen molar-refractivity contribution in [1.29, 1.82) is 0 Å². The molecule has 1 amide bonds. The molecule has 11 heteroatoms. The fourth-order valence-electron chi connectivity index (χ4n) is 2.20. The monoisotopic (exact) mass is 497 g/mol. The van der Waals surface area contributed by atoms with E-state index < -0.39 is 17.0 Å². The number of anilines is 1. The van der Waals surface area contributed by atoms with Gasteiger partial charge in [-0.1, -0.05) is 32.6 Å². The summed E-state index contributed by atoms with van der Waals surface area (Å²) < 4.78 is 13.6. The molecule has 1 atom stereocenters. The fourth-order valence-corrected chi connectivity index (χ4v) is 3.95. The predicted octanol–water partition coefficient (Wildman–Crippen LogP) is 4.25. The number of aryl methyl sites for hydroxylation is 1. The maximum atomic E-state index is 12.2. The first-order valence-electron chi connectivity index (χ1n) is 10.1. The average Bonchev–Trinajstić information content (AvgIpc) is 3.21. The third-order valence-electron chi connectivity index (χ3n) is 3.99. The number of carboxylic acid groups (broad SMARTS) is 1. The molecule has 1 aromatic heterocycles. The Labute approximate surface area is 200 Å². The van der Waals surface area contributed by atoms with Gasteiger partial charge in [0.1, 0.15) is 11.5 Å². The van der Waals surface area contributed by atoms with Gasteiger partial charge in [-0.25, -0.2) is 9.19 Å². The fraction of sp³-hybridized carbons (Fsp3) is 0.364. The summed E-state index contributed by atoms with van der Waals surface area (Å²) in [6.07, 6.45) is 6.89. The van der Waals surface area contributed by atoms with Crippen LogP contribution in [0, 0.1) is 6.92 Å². The number of Topliss-reactive ketones (excluding diaryl/α,β-unsaturated/α-hetero) is 1. The number of nitrogens with zero attached hydrogens (tertiary/aromatic N) is 2. The van der Waals surface area contributed by atoms with E-state index in [1.54, 1.807) is 32.3 Å². The van der Waals surface area contributed by atoms with Crippen LogP contribution in [0.1, 0.15) is 44.9 Å².